The first-order valence-corrected chi connectivity index (χ1v) is 8.65. The molecule has 0 N–H and O–H groups in total. The van der Waals surface area contributed by atoms with E-state index in [2.05, 4.69) is 109 Å². The normalized spacial score (nSPS) is 10.8. The lowest BCUT2D eigenvalue weighted by molar-refractivity contribution is 0.925. The van der Waals surface area contributed by atoms with Gasteiger partial charge in [-0.1, -0.05) is 91.0 Å². The predicted octanol–water partition coefficient (Wildman–Crippen LogP) is 6.14. The Morgan fingerprint density at radius 3 is 2.04 bits per heavy atom. The van der Waals surface area contributed by atoms with Crippen LogP contribution in [0.4, 0.5) is 5.69 Å². The third-order valence-electron chi connectivity index (χ3n) is 4.64. The van der Waals surface area contributed by atoms with Gasteiger partial charge in [-0.05, 0) is 28.0 Å². The summed E-state index contributed by atoms with van der Waals surface area (Å²) in [6, 6.07) is 34.4. The molecule has 1 nitrogen and oxygen atoms in total. The third-order valence-corrected chi connectivity index (χ3v) is 4.64. The first kappa shape index (κ1) is 15.5. The highest BCUT2D eigenvalue weighted by molar-refractivity contribution is 6.02. The molecule has 4 aromatic rings. The van der Waals surface area contributed by atoms with Crippen LogP contribution >= 0.6 is 0 Å². The lowest BCUT2D eigenvalue weighted by atomic mass is 9.95. The van der Waals surface area contributed by atoms with E-state index < -0.39 is 0 Å². The van der Waals surface area contributed by atoms with Crippen molar-refractivity contribution in [3.63, 3.8) is 0 Å². The molecule has 0 saturated heterocycles. The number of anilines is 1. The van der Waals surface area contributed by atoms with Crippen molar-refractivity contribution in [2.75, 3.05) is 11.9 Å². The first-order chi connectivity index (χ1) is 12.3. The molecule has 0 aliphatic rings. The highest BCUT2D eigenvalue weighted by atomic mass is 15.1. The summed E-state index contributed by atoms with van der Waals surface area (Å²) in [4.78, 5) is 2.34. The van der Waals surface area contributed by atoms with Gasteiger partial charge in [-0.15, -0.1) is 0 Å². The fourth-order valence-corrected chi connectivity index (χ4v) is 3.43. The second kappa shape index (κ2) is 6.82. The molecule has 0 spiro atoms. The van der Waals surface area contributed by atoms with Gasteiger partial charge in [0.1, 0.15) is 0 Å². The summed E-state index contributed by atoms with van der Waals surface area (Å²) in [5, 5.41) is 2.57. The molecule has 0 amide bonds. The molecule has 4 aromatic carbocycles. The zero-order chi connectivity index (χ0) is 17.1. The maximum Gasteiger partial charge on any atom is 0.0452 e. The average molecular weight is 323 g/mol. The van der Waals surface area contributed by atoms with E-state index in [9.17, 15) is 0 Å². The van der Waals surface area contributed by atoms with E-state index in [4.69, 9.17) is 0 Å². The molecule has 0 saturated carbocycles. The zero-order valence-electron chi connectivity index (χ0n) is 14.4. The summed E-state index contributed by atoms with van der Waals surface area (Å²) in [7, 11) is 2.17. The Bertz CT molecular complexity index is 975. The zero-order valence-corrected chi connectivity index (χ0v) is 14.4. The second-order valence-corrected chi connectivity index (χ2v) is 6.39. The highest BCUT2D eigenvalue weighted by Gasteiger charge is 2.13. The molecular formula is C24H21N. The SMILES string of the molecule is CN(Cc1ccccc1)c1ccc2ccccc2c1-c1ccccc1. The van der Waals surface area contributed by atoms with Crippen molar-refractivity contribution in [2.24, 2.45) is 0 Å². The molecule has 4 rings (SSSR count). The molecule has 0 fully saturated rings. The molecule has 0 heterocycles. The van der Waals surface area contributed by atoms with Gasteiger partial charge in [-0.2, -0.15) is 0 Å². The van der Waals surface area contributed by atoms with Crippen LogP contribution in [0.15, 0.2) is 97.1 Å². The molecular weight excluding hydrogens is 302 g/mol. The Kier molecular flexibility index (Phi) is 4.22. The molecule has 0 aliphatic carbocycles. The predicted molar refractivity (Wildman–Crippen MR) is 108 cm³/mol. The van der Waals surface area contributed by atoms with E-state index >= 15 is 0 Å². The van der Waals surface area contributed by atoms with Gasteiger partial charge in [0.2, 0.25) is 0 Å². The van der Waals surface area contributed by atoms with Crippen LogP contribution in [-0.4, -0.2) is 7.05 Å². The molecule has 122 valence electrons. The lowest BCUT2D eigenvalue weighted by Crippen LogP contribution is -2.17. The minimum Gasteiger partial charge on any atom is -0.370 e. The molecule has 0 atom stereocenters. The molecule has 0 bridgehead atoms. The Morgan fingerprint density at radius 1 is 0.640 bits per heavy atom. The van der Waals surface area contributed by atoms with Crippen molar-refractivity contribution in [1.29, 1.82) is 0 Å². The van der Waals surface area contributed by atoms with Crippen LogP contribution in [-0.2, 0) is 6.54 Å². The van der Waals surface area contributed by atoms with Gasteiger partial charge in [-0.25, -0.2) is 0 Å². The van der Waals surface area contributed by atoms with Crippen LogP contribution in [0.1, 0.15) is 5.56 Å². The smallest absolute Gasteiger partial charge is 0.0452 e. The Labute approximate surface area is 149 Å². The number of hydrogen-bond donors (Lipinski definition) is 0. The lowest BCUT2D eigenvalue weighted by Gasteiger charge is -2.24. The molecule has 0 aromatic heterocycles. The van der Waals surface area contributed by atoms with E-state index in [1.165, 1.54) is 33.2 Å². The van der Waals surface area contributed by atoms with Gasteiger partial charge < -0.3 is 4.90 Å². The van der Waals surface area contributed by atoms with Crippen molar-refractivity contribution in [2.45, 2.75) is 6.54 Å². The largest absolute Gasteiger partial charge is 0.370 e. The Balaban J connectivity index is 1.86. The quantitative estimate of drug-likeness (QED) is 0.436. The van der Waals surface area contributed by atoms with Crippen LogP contribution in [0.3, 0.4) is 0 Å². The number of rotatable bonds is 4. The van der Waals surface area contributed by atoms with Crippen LogP contribution in [0.25, 0.3) is 21.9 Å². The van der Waals surface area contributed by atoms with Crippen molar-refractivity contribution >= 4 is 16.5 Å². The third kappa shape index (κ3) is 3.14. The van der Waals surface area contributed by atoms with Crippen molar-refractivity contribution in [3.05, 3.63) is 103 Å². The molecule has 1 heteroatoms. The van der Waals surface area contributed by atoms with Crippen molar-refractivity contribution in [3.8, 4) is 11.1 Å². The summed E-state index contributed by atoms with van der Waals surface area (Å²) in [5.41, 5.74) is 5.14. The van der Waals surface area contributed by atoms with E-state index in [-0.39, 0.29) is 0 Å². The summed E-state index contributed by atoms with van der Waals surface area (Å²) in [6.45, 7) is 0.888. The van der Waals surface area contributed by atoms with E-state index in [1.54, 1.807) is 0 Å². The Morgan fingerprint density at radius 2 is 1.28 bits per heavy atom. The molecule has 0 unspecified atom stereocenters. The summed E-state index contributed by atoms with van der Waals surface area (Å²) >= 11 is 0. The second-order valence-electron chi connectivity index (χ2n) is 6.39. The minimum absolute atomic E-state index is 0.888. The average Bonchev–Trinajstić information content (AvgIpc) is 2.68. The molecule has 25 heavy (non-hydrogen) atoms. The number of hydrogen-bond acceptors (Lipinski definition) is 1. The van der Waals surface area contributed by atoms with E-state index in [1.807, 2.05) is 0 Å². The fourth-order valence-electron chi connectivity index (χ4n) is 3.43. The summed E-state index contributed by atoms with van der Waals surface area (Å²) < 4.78 is 0. The van der Waals surface area contributed by atoms with E-state index in [0.717, 1.165) is 6.54 Å². The Hall–Kier alpha value is -3.06. The van der Waals surface area contributed by atoms with Gasteiger partial charge in [0.25, 0.3) is 0 Å². The van der Waals surface area contributed by atoms with Crippen LogP contribution in [0, 0.1) is 0 Å². The number of nitrogens with zero attached hydrogens (tertiary/aromatic N) is 1. The summed E-state index contributed by atoms with van der Waals surface area (Å²) in [6.07, 6.45) is 0. The van der Waals surface area contributed by atoms with Crippen LogP contribution < -0.4 is 4.90 Å². The van der Waals surface area contributed by atoms with Gasteiger partial charge in [0.15, 0.2) is 0 Å². The van der Waals surface area contributed by atoms with Gasteiger partial charge in [0.05, 0.1) is 0 Å². The van der Waals surface area contributed by atoms with Gasteiger partial charge in [-0.3, -0.25) is 0 Å². The standard InChI is InChI=1S/C24H21N/c1-25(18-19-10-4-2-5-11-19)23-17-16-20-12-8-9-15-22(20)24(23)21-13-6-3-7-14-21/h2-17H,18H2,1H3. The maximum atomic E-state index is 2.34. The highest BCUT2D eigenvalue weighted by Crippen LogP contribution is 2.37. The summed E-state index contributed by atoms with van der Waals surface area (Å²) in [5.74, 6) is 0. The minimum atomic E-state index is 0.888. The van der Waals surface area contributed by atoms with Gasteiger partial charge in [0, 0.05) is 24.8 Å². The monoisotopic (exact) mass is 323 g/mol. The van der Waals surface area contributed by atoms with Crippen LogP contribution in [0.5, 0.6) is 0 Å². The number of fused-ring (bicyclic) bond motifs is 1. The van der Waals surface area contributed by atoms with Gasteiger partial charge >= 0.3 is 0 Å². The van der Waals surface area contributed by atoms with Crippen molar-refractivity contribution < 1.29 is 0 Å². The van der Waals surface area contributed by atoms with Crippen molar-refractivity contribution in [1.82, 2.24) is 0 Å². The fraction of sp³-hybridized carbons (Fsp3) is 0.0833. The molecule has 0 aliphatic heterocycles. The van der Waals surface area contributed by atoms with Crippen LogP contribution in [0.2, 0.25) is 0 Å². The number of benzene rings is 4. The maximum absolute atomic E-state index is 2.34. The molecule has 0 radical (unpaired) electrons. The van der Waals surface area contributed by atoms with E-state index in [0.29, 0.717) is 0 Å². The topological polar surface area (TPSA) is 3.24 Å². The first-order valence-electron chi connectivity index (χ1n) is 8.65.